The molecule has 0 spiro atoms. The molecule has 16 heavy (non-hydrogen) atoms. The van der Waals surface area contributed by atoms with Crippen LogP contribution < -0.4 is 0 Å². The average molecular weight is 350 g/mol. The highest BCUT2D eigenvalue weighted by Crippen LogP contribution is 2.41. The molecule has 1 heterocycles. The van der Waals surface area contributed by atoms with Crippen LogP contribution in [0.5, 0.6) is 0 Å². The van der Waals surface area contributed by atoms with Crippen molar-refractivity contribution in [3.05, 3.63) is 10.5 Å². The molecule has 0 aromatic rings. The summed E-state index contributed by atoms with van der Waals surface area (Å²) in [5.41, 5.74) is -0.809. The topological polar surface area (TPSA) is 18.5 Å². The van der Waals surface area contributed by atoms with Crippen LogP contribution in [-0.2, 0) is 9.31 Å². The first-order valence-corrected chi connectivity index (χ1v) is 6.68. The van der Waals surface area contributed by atoms with Gasteiger partial charge in [0.1, 0.15) is 0 Å². The van der Waals surface area contributed by atoms with Crippen molar-refractivity contribution in [3.63, 3.8) is 0 Å². The van der Waals surface area contributed by atoms with Gasteiger partial charge in [0.05, 0.1) is 11.2 Å². The van der Waals surface area contributed by atoms with Gasteiger partial charge in [-0.2, -0.15) is 0 Å². The maximum Gasteiger partial charge on any atom is 0.502 e. The Bertz CT molecular complexity index is 296. The molecule has 1 rings (SSSR count). The van der Waals surface area contributed by atoms with E-state index in [0.717, 1.165) is 0 Å². The van der Waals surface area contributed by atoms with E-state index >= 15 is 0 Å². The summed E-state index contributed by atoms with van der Waals surface area (Å²) in [7, 11) is -0.541. The van der Waals surface area contributed by atoms with Gasteiger partial charge in [-0.3, -0.25) is 0 Å². The van der Waals surface area contributed by atoms with Gasteiger partial charge in [-0.25, -0.2) is 0 Å². The van der Waals surface area contributed by atoms with Crippen LogP contribution in [0.2, 0.25) is 0 Å². The number of rotatable bonds is 1. The minimum atomic E-state index is -1.47. The lowest BCUT2D eigenvalue weighted by Crippen LogP contribution is -2.41. The maximum absolute atomic E-state index is 5.76. The normalized spacial score (nSPS) is 25.0. The quantitative estimate of drug-likeness (QED) is 0.520. The Balaban J connectivity index is 2.85. The summed E-state index contributed by atoms with van der Waals surface area (Å²) < 4.78 is 10.6. The monoisotopic (exact) mass is 348 g/mol. The summed E-state index contributed by atoms with van der Waals surface area (Å²) in [6.07, 6.45) is 1.43. The molecule has 1 fully saturated rings. The van der Waals surface area contributed by atoms with E-state index in [2.05, 4.69) is 15.9 Å². The first-order valence-electron chi connectivity index (χ1n) is 4.75. The van der Waals surface area contributed by atoms with E-state index in [1.165, 1.54) is 6.08 Å². The van der Waals surface area contributed by atoms with Crippen molar-refractivity contribution >= 4 is 57.9 Å². The molecule has 0 unspecified atom stereocenters. The largest absolute Gasteiger partial charge is 0.502 e. The van der Waals surface area contributed by atoms with Gasteiger partial charge in [-0.15, -0.1) is 0 Å². The molecule has 1 aliphatic rings. The predicted molar refractivity (Wildman–Crippen MR) is 73.4 cm³/mol. The van der Waals surface area contributed by atoms with Gasteiger partial charge in [0.2, 0.25) is 3.79 Å². The van der Waals surface area contributed by atoms with Crippen molar-refractivity contribution in [1.29, 1.82) is 0 Å². The molecule has 1 saturated heterocycles. The highest BCUT2D eigenvalue weighted by molar-refractivity contribution is 9.12. The van der Waals surface area contributed by atoms with Gasteiger partial charge < -0.3 is 9.31 Å². The highest BCUT2D eigenvalue weighted by atomic mass is 79.9. The highest BCUT2D eigenvalue weighted by Gasteiger charge is 2.52. The Hall–Kier alpha value is 1.07. The molecule has 0 aliphatic carbocycles. The summed E-state index contributed by atoms with van der Waals surface area (Å²) in [5, 5.41) is 0. The van der Waals surface area contributed by atoms with Crippen molar-refractivity contribution < 1.29 is 9.31 Å². The number of hydrogen-bond acceptors (Lipinski definition) is 2. The third-order valence-corrected chi connectivity index (χ3v) is 3.71. The second-order valence-electron chi connectivity index (χ2n) is 4.66. The van der Waals surface area contributed by atoms with E-state index in [4.69, 9.17) is 44.1 Å². The van der Waals surface area contributed by atoms with Gasteiger partial charge in [0.25, 0.3) is 0 Å². The number of alkyl halides is 3. The third-order valence-electron chi connectivity index (χ3n) is 2.78. The van der Waals surface area contributed by atoms with E-state index in [1.807, 2.05) is 27.7 Å². The van der Waals surface area contributed by atoms with E-state index in [0.29, 0.717) is 4.38 Å². The lowest BCUT2D eigenvalue weighted by Gasteiger charge is -2.32. The molecule has 1 aliphatic heterocycles. The Morgan fingerprint density at radius 2 is 1.50 bits per heavy atom. The summed E-state index contributed by atoms with van der Waals surface area (Å²) in [6, 6.07) is 0. The Morgan fingerprint density at radius 1 is 1.12 bits per heavy atom. The minimum absolute atomic E-state index is 0.405. The first kappa shape index (κ1) is 15.1. The summed E-state index contributed by atoms with van der Waals surface area (Å²) in [6.45, 7) is 7.84. The van der Waals surface area contributed by atoms with Crippen LogP contribution in [0.4, 0.5) is 0 Å². The molecule has 0 atom stereocenters. The lowest BCUT2D eigenvalue weighted by atomic mass is 9.90. The minimum Gasteiger partial charge on any atom is -0.399 e. The second kappa shape index (κ2) is 4.63. The molecule has 0 bridgehead atoms. The van der Waals surface area contributed by atoms with Crippen LogP contribution in [-0.4, -0.2) is 22.1 Å². The van der Waals surface area contributed by atoms with E-state index in [1.54, 1.807) is 0 Å². The van der Waals surface area contributed by atoms with Crippen LogP contribution in [0.25, 0.3) is 0 Å². The fourth-order valence-electron chi connectivity index (χ4n) is 1.18. The molecule has 0 amide bonds. The van der Waals surface area contributed by atoms with Crippen LogP contribution in [0.1, 0.15) is 27.7 Å². The summed E-state index contributed by atoms with van der Waals surface area (Å²) >= 11 is 20.3. The van der Waals surface area contributed by atoms with Gasteiger partial charge in [-0.05, 0) is 33.8 Å². The fraction of sp³-hybridized carbons (Fsp3) is 0.778. The fourth-order valence-corrected chi connectivity index (χ4v) is 2.46. The summed E-state index contributed by atoms with van der Waals surface area (Å²) in [4.78, 5) is 0. The predicted octanol–water partition coefficient (Wildman–Crippen LogP) is 4.27. The van der Waals surface area contributed by atoms with Crippen molar-refractivity contribution in [2.24, 2.45) is 0 Å². The zero-order valence-electron chi connectivity index (χ0n) is 9.48. The average Bonchev–Trinajstić information content (AvgIpc) is 2.17. The number of halogens is 4. The van der Waals surface area contributed by atoms with Gasteiger partial charge in [-0.1, -0.05) is 50.7 Å². The van der Waals surface area contributed by atoms with Crippen molar-refractivity contribution in [3.8, 4) is 0 Å². The number of allylic oxidation sites excluding steroid dienone is 1. The van der Waals surface area contributed by atoms with Crippen molar-refractivity contribution in [2.75, 3.05) is 0 Å². The second-order valence-corrected chi connectivity index (χ2v) is 7.94. The van der Waals surface area contributed by atoms with Gasteiger partial charge >= 0.3 is 7.12 Å². The molecule has 0 radical (unpaired) electrons. The lowest BCUT2D eigenvalue weighted by molar-refractivity contribution is 0.00578. The third kappa shape index (κ3) is 3.53. The van der Waals surface area contributed by atoms with Gasteiger partial charge in [0.15, 0.2) is 0 Å². The SMILES string of the molecule is CC1(C)OB(/C(Br)=C\C(Cl)(Cl)Cl)OC1(C)C. The molecule has 0 saturated carbocycles. The van der Waals surface area contributed by atoms with E-state index in [9.17, 15) is 0 Å². The first-order chi connectivity index (χ1) is 6.95. The molecule has 0 aromatic carbocycles. The van der Waals surface area contributed by atoms with Crippen LogP contribution in [0.3, 0.4) is 0 Å². The Kier molecular flexibility index (Phi) is 4.38. The van der Waals surface area contributed by atoms with E-state index in [-0.39, 0.29) is 0 Å². The van der Waals surface area contributed by atoms with E-state index < -0.39 is 22.1 Å². The van der Waals surface area contributed by atoms with Crippen molar-refractivity contribution in [2.45, 2.75) is 42.7 Å². The summed E-state index contributed by atoms with van der Waals surface area (Å²) in [5.74, 6) is 0. The zero-order chi connectivity index (χ0) is 12.8. The molecule has 2 nitrogen and oxygen atoms in total. The van der Waals surface area contributed by atoms with Crippen LogP contribution in [0.15, 0.2) is 10.5 Å². The molecule has 0 N–H and O–H groups in total. The molecule has 7 heteroatoms. The Labute approximate surface area is 120 Å². The zero-order valence-corrected chi connectivity index (χ0v) is 13.3. The standard InChI is InChI=1S/C9H13BBrCl3O2/c1-7(2)8(3,4)16-10(15-7)6(11)5-9(12,13)14/h5H,1-4H3/b6-5+. The smallest absolute Gasteiger partial charge is 0.399 e. The molecular formula is C9H13BBrCl3O2. The maximum atomic E-state index is 5.76. The Morgan fingerprint density at radius 3 is 1.81 bits per heavy atom. The van der Waals surface area contributed by atoms with Crippen molar-refractivity contribution in [1.82, 2.24) is 0 Å². The molecule has 92 valence electrons. The molecular weight excluding hydrogens is 337 g/mol. The number of hydrogen-bond donors (Lipinski definition) is 0. The van der Waals surface area contributed by atoms with Gasteiger partial charge in [0, 0.05) is 4.38 Å². The van der Waals surface area contributed by atoms with Crippen LogP contribution in [0, 0.1) is 0 Å². The van der Waals surface area contributed by atoms with Crippen LogP contribution >= 0.6 is 50.7 Å². The molecule has 0 aromatic heterocycles.